The van der Waals surface area contributed by atoms with E-state index < -0.39 is 31.1 Å². The summed E-state index contributed by atoms with van der Waals surface area (Å²) in [4.78, 5) is 37.1. The summed E-state index contributed by atoms with van der Waals surface area (Å²) in [7, 11) is -3.87. The van der Waals surface area contributed by atoms with Crippen LogP contribution in [-0.4, -0.2) is 62.2 Å². The first-order valence-electron chi connectivity index (χ1n) is 12.4. The number of esters is 2. The highest BCUT2D eigenvalue weighted by Crippen LogP contribution is 2.45. The third-order valence-corrected chi connectivity index (χ3v) is 7.23. The molecular formula is C25H35N6O7P. The zero-order valence-electron chi connectivity index (χ0n) is 22.9. The number of nitrogen functional groups attached to an aromatic ring is 1. The van der Waals surface area contributed by atoms with E-state index in [1.54, 1.807) is 52.4 Å². The molecule has 0 fully saturated rings. The number of nitrogens with two attached hydrogens (primary N) is 1. The maximum atomic E-state index is 14.1. The molecule has 0 bridgehead atoms. The first-order valence-corrected chi connectivity index (χ1v) is 14.2. The number of benzene rings is 1. The SMILES string of the molecule is CCOC(=O)c1ccc(OP(=O)(COC(C)Cn2cnc3c(N)ncnc32)NC(C)(C)C(=O)OC(C)C)cc1. The quantitative estimate of drug-likeness (QED) is 0.230. The van der Waals surface area contributed by atoms with E-state index in [1.807, 2.05) is 0 Å². The van der Waals surface area contributed by atoms with E-state index in [1.165, 1.54) is 30.6 Å². The molecule has 0 amide bonds. The van der Waals surface area contributed by atoms with Gasteiger partial charge in [-0.3, -0.25) is 9.36 Å². The van der Waals surface area contributed by atoms with Crippen LogP contribution in [0.15, 0.2) is 36.9 Å². The van der Waals surface area contributed by atoms with Gasteiger partial charge < -0.3 is 29.0 Å². The van der Waals surface area contributed by atoms with Crippen molar-refractivity contribution in [2.45, 2.75) is 65.8 Å². The summed E-state index contributed by atoms with van der Waals surface area (Å²) in [6.45, 7) is 10.6. The molecule has 3 N–H and O–H groups in total. The zero-order valence-corrected chi connectivity index (χ0v) is 23.8. The van der Waals surface area contributed by atoms with Crippen LogP contribution in [0.3, 0.4) is 0 Å². The minimum absolute atomic E-state index is 0.205. The molecule has 0 saturated heterocycles. The molecule has 2 unspecified atom stereocenters. The molecule has 13 nitrogen and oxygen atoms in total. The normalized spacial score (nSPS) is 14.1. The predicted molar refractivity (Wildman–Crippen MR) is 144 cm³/mol. The number of ether oxygens (including phenoxy) is 3. The Morgan fingerprint density at radius 2 is 1.82 bits per heavy atom. The van der Waals surface area contributed by atoms with Gasteiger partial charge in [-0.1, -0.05) is 0 Å². The number of imidazole rings is 1. The van der Waals surface area contributed by atoms with Crippen LogP contribution >= 0.6 is 7.52 Å². The Balaban J connectivity index is 1.78. The summed E-state index contributed by atoms with van der Waals surface area (Å²) >= 11 is 0. The fourth-order valence-electron chi connectivity index (χ4n) is 3.54. The van der Waals surface area contributed by atoms with Crippen LogP contribution < -0.4 is 15.3 Å². The maximum Gasteiger partial charge on any atom is 0.342 e. The average Bonchev–Trinajstić information content (AvgIpc) is 3.26. The van der Waals surface area contributed by atoms with Crippen molar-refractivity contribution in [3.8, 4) is 5.75 Å². The lowest BCUT2D eigenvalue weighted by Crippen LogP contribution is -2.48. The number of hydrogen-bond donors (Lipinski definition) is 2. The van der Waals surface area contributed by atoms with Crippen LogP contribution in [0.2, 0.25) is 0 Å². The van der Waals surface area contributed by atoms with Crippen molar-refractivity contribution in [1.29, 1.82) is 0 Å². The van der Waals surface area contributed by atoms with Crippen molar-refractivity contribution >= 4 is 36.4 Å². The van der Waals surface area contributed by atoms with Crippen LogP contribution in [0.4, 0.5) is 5.82 Å². The van der Waals surface area contributed by atoms with E-state index in [0.29, 0.717) is 23.3 Å². The summed E-state index contributed by atoms with van der Waals surface area (Å²) in [6, 6.07) is 5.98. The lowest BCUT2D eigenvalue weighted by Gasteiger charge is -2.31. The van der Waals surface area contributed by atoms with E-state index in [4.69, 9.17) is 24.5 Å². The smallest absolute Gasteiger partial charge is 0.342 e. The highest BCUT2D eigenvalue weighted by molar-refractivity contribution is 7.57. The van der Waals surface area contributed by atoms with Gasteiger partial charge in [0, 0.05) is 0 Å². The first kappa shape index (κ1) is 30.0. The first-order chi connectivity index (χ1) is 18.3. The van der Waals surface area contributed by atoms with E-state index in [9.17, 15) is 14.2 Å². The second-order valence-electron chi connectivity index (χ2n) is 9.63. The number of carbonyl (C=O) groups excluding carboxylic acids is 2. The van der Waals surface area contributed by atoms with Gasteiger partial charge in [0.1, 0.15) is 29.5 Å². The van der Waals surface area contributed by atoms with Gasteiger partial charge in [-0.25, -0.2) is 24.8 Å². The lowest BCUT2D eigenvalue weighted by atomic mass is 10.1. The van der Waals surface area contributed by atoms with Gasteiger partial charge in [-0.05, 0) is 65.8 Å². The molecule has 1 aromatic carbocycles. The predicted octanol–water partition coefficient (Wildman–Crippen LogP) is 3.54. The van der Waals surface area contributed by atoms with Gasteiger partial charge in [0.25, 0.3) is 0 Å². The Labute approximate surface area is 226 Å². The van der Waals surface area contributed by atoms with E-state index in [-0.39, 0.29) is 30.6 Å². The molecule has 0 radical (unpaired) electrons. The van der Waals surface area contributed by atoms with Crippen LogP contribution in [0.1, 0.15) is 51.9 Å². The Morgan fingerprint density at radius 3 is 2.46 bits per heavy atom. The zero-order chi connectivity index (χ0) is 28.8. The third kappa shape index (κ3) is 7.98. The molecule has 2 aromatic heterocycles. The molecule has 0 aliphatic heterocycles. The summed E-state index contributed by atoms with van der Waals surface area (Å²) in [6.07, 6.45) is 1.71. The molecule has 0 saturated carbocycles. The Morgan fingerprint density at radius 1 is 1.13 bits per heavy atom. The highest BCUT2D eigenvalue weighted by atomic mass is 31.2. The molecule has 0 spiro atoms. The molecule has 0 aliphatic carbocycles. The van der Waals surface area contributed by atoms with Crippen molar-refractivity contribution in [2.24, 2.45) is 0 Å². The Kier molecular flexibility index (Phi) is 9.65. The van der Waals surface area contributed by atoms with Crippen molar-refractivity contribution in [1.82, 2.24) is 24.6 Å². The number of aromatic nitrogens is 4. The summed E-state index contributed by atoms with van der Waals surface area (Å²) in [5.41, 5.74) is 5.81. The molecule has 39 heavy (non-hydrogen) atoms. The third-order valence-electron chi connectivity index (χ3n) is 5.33. The molecule has 3 aromatic rings. The summed E-state index contributed by atoms with van der Waals surface area (Å²) < 4.78 is 37.9. The van der Waals surface area contributed by atoms with E-state index in [2.05, 4.69) is 20.0 Å². The van der Waals surface area contributed by atoms with Crippen LogP contribution in [0.5, 0.6) is 5.75 Å². The highest BCUT2D eigenvalue weighted by Gasteiger charge is 2.40. The number of hydrogen-bond acceptors (Lipinski definition) is 11. The fraction of sp³-hybridized carbons (Fsp3) is 0.480. The van der Waals surface area contributed by atoms with Gasteiger partial charge in [0.2, 0.25) is 0 Å². The molecular weight excluding hydrogens is 527 g/mol. The molecule has 3 rings (SSSR count). The van der Waals surface area contributed by atoms with E-state index in [0.717, 1.165) is 0 Å². The molecule has 0 aliphatic rings. The Hall–Kier alpha value is -3.54. The minimum atomic E-state index is -3.87. The van der Waals surface area contributed by atoms with Gasteiger partial charge in [-0.2, -0.15) is 0 Å². The number of rotatable bonds is 13. The number of fused-ring (bicyclic) bond motifs is 1. The standard InChI is InChI=1S/C25H35N6O7P/c1-7-35-23(32)18-8-10-19(11-9-18)38-39(34,30-25(5,6)24(33)37-16(2)3)15-36-17(4)12-31-14-29-20-21(26)27-13-28-22(20)31/h8-11,13-14,16-17H,7,12,15H2,1-6H3,(H,30,34)(H2,26,27,28). The van der Waals surface area contributed by atoms with Crippen LogP contribution in [0.25, 0.3) is 11.2 Å². The second-order valence-corrected chi connectivity index (χ2v) is 11.6. The average molecular weight is 563 g/mol. The number of nitrogens with one attached hydrogen (secondary N) is 1. The molecule has 14 heteroatoms. The van der Waals surface area contributed by atoms with Crippen molar-refractivity contribution in [2.75, 3.05) is 18.7 Å². The molecule has 212 valence electrons. The molecule has 2 atom stereocenters. The van der Waals surface area contributed by atoms with Gasteiger partial charge in [-0.15, -0.1) is 0 Å². The topological polar surface area (TPSA) is 170 Å². The van der Waals surface area contributed by atoms with Gasteiger partial charge in [0.15, 0.2) is 11.5 Å². The lowest BCUT2D eigenvalue weighted by molar-refractivity contribution is -0.153. The number of carbonyl (C=O) groups is 2. The van der Waals surface area contributed by atoms with Crippen LogP contribution in [0, 0.1) is 0 Å². The second kappa shape index (κ2) is 12.5. The minimum Gasteiger partial charge on any atom is -0.462 e. The maximum absolute atomic E-state index is 14.1. The summed E-state index contributed by atoms with van der Waals surface area (Å²) in [5.74, 6) is -0.622. The number of nitrogens with zero attached hydrogens (tertiary/aromatic N) is 4. The van der Waals surface area contributed by atoms with Crippen molar-refractivity contribution in [3.05, 3.63) is 42.5 Å². The van der Waals surface area contributed by atoms with Gasteiger partial charge in [0.05, 0.1) is 37.3 Å². The monoisotopic (exact) mass is 562 g/mol. The van der Waals surface area contributed by atoms with Crippen molar-refractivity contribution < 1.29 is 32.9 Å². The molecule has 2 heterocycles. The van der Waals surface area contributed by atoms with Gasteiger partial charge >= 0.3 is 19.5 Å². The van der Waals surface area contributed by atoms with Crippen LogP contribution in [-0.2, 0) is 30.1 Å². The largest absolute Gasteiger partial charge is 0.462 e. The Bertz CT molecular complexity index is 1340. The van der Waals surface area contributed by atoms with Crippen molar-refractivity contribution in [3.63, 3.8) is 0 Å². The number of anilines is 1. The van der Waals surface area contributed by atoms with E-state index >= 15 is 0 Å². The fourth-order valence-corrected chi connectivity index (χ4v) is 5.56. The summed E-state index contributed by atoms with van der Waals surface area (Å²) in [5, 5.41) is 2.82.